The molecule has 0 bridgehead atoms. The summed E-state index contributed by atoms with van der Waals surface area (Å²) in [6.07, 6.45) is 8.63. The van der Waals surface area contributed by atoms with E-state index < -0.39 is 5.54 Å². The van der Waals surface area contributed by atoms with E-state index in [4.69, 9.17) is 15.3 Å². The Morgan fingerprint density at radius 1 is 0.765 bits per heavy atom. The molecule has 0 aromatic carbocycles. The zero-order valence-electron chi connectivity index (χ0n) is 11.1. The number of rotatable bonds is 12. The molecule has 4 heteroatoms. The van der Waals surface area contributed by atoms with Crippen LogP contribution >= 0.6 is 0 Å². The summed E-state index contributed by atoms with van der Waals surface area (Å²) >= 11 is 0. The third-order valence-electron chi connectivity index (χ3n) is 3.19. The fourth-order valence-corrected chi connectivity index (χ4v) is 1.75. The average Bonchev–Trinajstić information content (AvgIpc) is 2.38. The summed E-state index contributed by atoms with van der Waals surface area (Å²) in [7, 11) is 0. The van der Waals surface area contributed by atoms with Gasteiger partial charge < -0.3 is 20.6 Å². The second kappa shape index (κ2) is 11.0. The molecule has 0 spiro atoms. The lowest BCUT2D eigenvalue weighted by Gasteiger charge is -2.28. The van der Waals surface area contributed by atoms with Gasteiger partial charge in [-0.2, -0.15) is 0 Å². The fourth-order valence-electron chi connectivity index (χ4n) is 1.75. The van der Waals surface area contributed by atoms with E-state index in [9.17, 15) is 0 Å². The molecule has 0 fully saturated rings. The Morgan fingerprint density at radius 2 is 1.24 bits per heavy atom. The van der Waals surface area contributed by atoms with Gasteiger partial charge in [0.15, 0.2) is 0 Å². The van der Waals surface area contributed by atoms with Gasteiger partial charge >= 0.3 is 0 Å². The normalized spacial score (nSPS) is 12.0. The summed E-state index contributed by atoms with van der Waals surface area (Å²) in [5, 5.41) is 30.3. The number of unbranched alkanes of at least 4 members (excludes halogenated alkanes) is 6. The number of hydrogen-bond acceptors (Lipinski definition) is 4. The largest absolute Gasteiger partial charge is 0.394 e. The lowest BCUT2D eigenvalue weighted by atomic mass is 10.0. The highest BCUT2D eigenvalue weighted by Gasteiger charge is 2.26. The van der Waals surface area contributed by atoms with Crippen molar-refractivity contribution < 1.29 is 15.3 Å². The molecule has 0 heterocycles. The summed E-state index contributed by atoms with van der Waals surface area (Å²) in [6.45, 7) is 2.22. The van der Waals surface area contributed by atoms with E-state index in [-0.39, 0.29) is 19.8 Å². The number of aliphatic hydroxyl groups excluding tert-OH is 3. The van der Waals surface area contributed by atoms with Crippen LogP contribution in [0.25, 0.3) is 0 Å². The van der Waals surface area contributed by atoms with Crippen LogP contribution in [0.15, 0.2) is 0 Å². The first kappa shape index (κ1) is 16.8. The first-order chi connectivity index (χ1) is 8.24. The van der Waals surface area contributed by atoms with Crippen LogP contribution in [0.5, 0.6) is 0 Å². The molecule has 0 atom stereocenters. The fraction of sp³-hybridized carbons (Fsp3) is 1.00. The van der Waals surface area contributed by atoms with Crippen LogP contribution in [-0.2, 0) is 0 Å². The Hall–Kier alpha value is -0.160. The second-order valence-electron chi connectivity index (χ2n) is 4.80. The predicted octanol–water partition coefficient (Wildman–Crippen LogP) is 1.04. The Bertz CT molecular complexity index is 152. The minimum absolute atomic E-state index is 0.240. The highest BCUT2D eigenvalue weighted by molar-refractivity contribution is 4.85. The Kier molecular flexibility index (Phi) is 10.9. The first-order valence-corrected chi connectivity index (χ1v) is 6.82. The average molecular weight is 247 g/mol. The van der Waals surface area contributed by atoms with Crippen LogP contribution in [0.2, 0.25) is 0 Å². The van der Waals surface area contributed by atoms with E-state index in [0.717, 1.165) is 19.4 Å². The monoisotopic (exact) mass is 247 g/mol. The number of hydrogen-bond donors (Lipinski definition) is 4. The Labute approximate surface area is 105 Å². The third-order valence-corrected chi connectivity index (χ3v) is 3.19. The van der Waals surface area contributed by atoms with Crippen molar-refractivity contribution in [2.24, 2.45) is 0 Å². The van der Waals surface area contributed by atoms with Crippen molar-refractivity contribution >= 4 is 0 Å². The van der Waals surface area contributed by atoms with Gasteiger partial charge in [-0.1, -0.05) is 45.4 Å². The van der Waals surface area contributed by atoms with E-state index in [0.29, 0.717) is 0 Å². The SMILES string of the molecule is CCCCCCCCCNC(CO)(CO)CO. The summed E-state index contributed by atoms with van der Waals surface area (Å²) in [5.74, 6) is 0. The minimum Gasteiger partial charge on any atom is -0.394 e. The summed E-state index contributed by atoms with van der Waals surface area (Å²) in [5.41, 5.74) is -0.914. The zero-order chi connectivity index (χ0) is 13.0. The van der Waals surface area contributed by atoms with Crippen LogP contribution in [0.4, 0.5) is 0 Å². The highest BCUT2D eigenvalue weighted by atomic mass is 16.3. The topological polar surface area (TPSA) is 72.7 Å². The van der Waals surface area contributed by atoms with Crippen molar-refractivity contribution in [1.29, 1.82) is 0 Å². The van der Waals surface area contributed by atoms with Crippen LogP contribution < -0.4 is 5.32 Å². The molecule has 0 aromatic heterocycles. The van der Waals surface area contributed by atoms with E-state index in [1.54, 1.807) is 0 Å². The molecule has 0 aliphatic heterocycles. The van der Waals surface area contributed by atoms with Gasteiger partial charge in [-0.3, -0.25) is 0 Å². The van der Waals surface area contributed by atoms with Gasteiger partial charge in [0.05, 0.1) is 25.4 Å². The van der Waals surface area contributed by atoms with Gasteiger partial charge in [0.25, 0.3) is 0 Å². The van der Waals surface area contributed by atoms with E-state index in [1.165, 1.54) is 32.1 Å². The Balaban J connectivity index is 3.43. The predicted molar refractivity (Wildman–Crippen MR) is 70.0 cm³/mol. The second-order valence-corrected chi connectivity index (χ2v) is 4.80. The summed E-state index contributed by atoms with van der Waals surface area (Å²) < 4.78 is 0. The Morgan fingerprint density at radius 3 is 1.71 bits per heavy atom. The van der Waals surface area contributed by atoms with Crippen molar-refractivity contribution in [2.45, 2.75) is 57.4 Å². The maximum atomic E-state index is 9.09. The molecule has 0 radical (unpaired) electrons. The van der Waals surface area contributed by atoms with Gasteiger partial charge in [-0.05, 0) is 13.0 Å². The molecule has 4 N–H and O–H groups in total. The first-order valence-electron chi connectivity index (χ1n) is 6.82. The van der Waals surface area contributed by atoms with Gasteiger partial charge in [-0.25, -0.2) is 0 Å². The molecular weight excluding hydrogens is 218 g/mol. The van der Waals surface area contributed by atoms with Crippen LogP contribution in [-0.4, -0.2) is 47.2 Å². The van der Waals surface area contributed by atoms with Crippen molar-refractivity contribution in [3.8, 4) is 0 Å². The zero-order valence-corrected chi connectivity index (χ0v) is 11.1. The van der Waals surface area contributed by atoms with Crippen molar-refractivity contribution in [2.75, 3.05) is 26.4 Å². The lowest BCUT2D eigenvalue weighted by molar-refractivity contribution is 0.0425. The molecule has 0 amide bonds. The maximum Gasteiger partial charge on any atom is 0.0881 e. The molecule has 104 valence electrons. The highest BCUT2D eigenvalue weighted by Crippen LogP contribution is 2.07. The number of aliphatic hydroxyl groups is 3. The molecule has 0 saturated carbocycles. The van der Waals surface area contributed by atoms with Crippen LogP contribution in [0, 0.1) is 0 Å². The van der Waals surface area contributed by atoms with E-state index >= 15 is 0 Å². The standard InChI is InChI=1S/C13H29NO3/c1-2-3-4-5-6-7-8-9-14-13(10-15,11-16)12-17/h14-17H,2-12H2,1H3. The molecule has 0 rings (SSSR count). The van der Waals surface area contributed by atoms with E-state index in [1.807, 2.05) is 0 Å². The molecule has 17 heavy (non-hydrogen) atoms. The van der Waals surface area contributed by atoms with Gasteiger partial charge in [0, 0.05) is 0 Å². The van der Waals surface area contributed by atoms with Crippen LogP contribution in [0.1, 0.15) is 51.9 Å². The van der Waals surface area contributed by atoms with Gasteiger partial charge in [0.1, 0.15) is 0 Å². The van der Waals surface area contributed by atoms with Gasteiger partial charge in [-0.15, -0.1) is 0 Å². The third kappa shape index (κ3) is 7.71. The van der Waals surface area contributed by atoms with Crippen LogP contribution in [0.3, 0.4) is 0 Å². The molecule has 0 unspecified atom stereocenters. The summed E-state index contributed by atoms with van der Waals surface area (Å²) in [6, 6.07) is 0. The van der Waals surface area contributed by atoms with E-state index in [2.05, 4.69) is 12.2 Å². The smallest absolute Gasteiger partial charge is 0.0881 e. The summed E-state index contributed by atoms with van der Waals surface area (Å²) in [4.78, 5) is 0. The molecule has 4 nitrogen and oxygen atoms in total. The molecule has 0 aromatic rings. The maximum absolute atomic E-state index is 9.09. The van der Waals surface area contributed by atoms with Gasteiger partial charge in [0.2, 0.25) is 0 Å². The number of nitrogens with one attached hydrogen (secondary N) is 1. The van der Waals surface area contributed by atoms with Crippen molar-refractivity contribution in [3.63, 3.8) is 0 Å². The molecular formula is C13H29NO3. The molecule has 0 aliphatic rings. The lowest BCUT2D eigenvalue weighted by Crippen LogP contribution is -2.55. The molecule has 0 saturated heterocycles. The molecule has 0 aliphatic carbocycles. The van der Waals surface area contributed by atoms with Crippen molar-refractivity contribution in [3.05, 3.63) is 0 Å². The minimum atomic E-state index is -0.914. The quantitative estimate of drug-likeness (QED) is 0.389. The van der Waals surface area contributed by atoms with Crippen molar-refractivity contribution in [1.82, 2.24) is 5.32 Å².